The van der Waals surface area contributed by atoms with Crippen LogP contribution in [0, 0.1) is 5.41 Å². The first-order valence-corrected chi connectivity index (χ1v) is 12.9. The van der Waals surface area contributed by atoms with E-state index in [0.717, 1.165) is 0 Å². The average molecular weight is 530 g/mol. The van der Waals surface area contributed by atoms with Crippen molar-refractivity contribution in [2.75, 3.05) is 19.0 Å². The molecule has 4 N–H and O–H groups in total. The molecule has 2 aromatic rings. The fraction of sp³-hybridized carbons (Fsp3) is 0.435. The number of rotatable bonds is 9. The van der Waals surface area contributed by atoms with E-state index in [4.69, 9.17) is 35.8 Å². The molecule has 1 saturated heterocycles. The van der Waals surface area contributed by atoms with E-state index < -0.39 is 45.5 Å². The minimum Gasteiger partial charge on any atom is -0.481 e. The van der Waals surface area contributed by atoms with Crippen LogP contribution in [-0.4, -0.2) is 62.2 Å². The highest BCUT2D eigenvalue weighted by Gasteiger charge is 2.57. The van der Waals surface area contributed by atoms with E-state index >= 15 is 0 Å². The van der Waals surface area contributed by atoms with Gasteiger partial charge in [-0.05, 0) is 68.3 Å². The Balaban J connectivity index is 0.00000167. The summed E-state index contributed by atoms with van der Waals surface area (Å²) in [7, 11) is -3.89. The van der Waals surface area contributed by atoms with Crippen LogP contribution < -0.4 is 10.6 Å². The van der Waals surface area contributed by atoms with Crippen molar-refractivity contribution in [1.29, 1.82) is 0 Å². The van der Waals surface area contributed by atoms with Gasteiger partial charge in [0.1, 0.15) is 11.5 Å². The molecule has 1 aliphatic heterocycles. The zero-order valence-electron chi connectivity index (χ0n) is 19.0. The van der Waals surface area contributed by atoms with E-state index in [1.807, 2.05) is 6.92 Å². The number of ether oxygens (including phenoxy) is 4. The van der Waals surface area contributed by atoms with Crippen LogP contribution in [0.15, 0.2) is 53.4 Å². The van der Waals surface area contributed by atoms with Gasteiger partial charge in [-0.3, -0.25) is 4.79 Å². The molecule has 1 heterocycles. The van der Waals surface area contributed by atoms with Crippen LogP contribution in [0.4, 0.5) is 0 Å². The maximum Gasteiger partial charge on any atom is 0.310 e. The Labute approximate surface area is 208 Å². The molecule has 0 radical (unpaired) electrons. The lowest BCUT2D eigenvalue weighted by Crippen LogP contribution is -2.38. The number of benzene rings is 2. The maximum absolute atomic E-state index is 13.1. The van der Waals surface area contributed by atoms with Crippen molar-refractivity contribution < 1.29 is 42.5 Å². The standard InChI is InChI=1S/C23H25ClO8S.H3NO/c1-2-29-13-21-31-19-11-23(22(25)26,12-20(19)32-21)14-33(27,28)18-9-7-17(8-10-18)30-16-5-3-15(24)4-6-16;1-2/h3-10,19-21H,2,11-14H2,1H3,(H,25,26);2H,1H2. The monoisotopic (exact) mass is 529 g/mol. The molecule has 2 fully saturated rings. The summed E-state index contributed by atoms with van der Waals surface area (Å²) in [5, 5.41) is 17.0. The molecule has 192 valence electrons. The molecular formula is C23H28ClNO9S. The zero-order valence-corrected chi connectivity index (χ0v) is 20.6. The van der Waals surface area contributed by atoms with Crippen molar-refractivity contribution in [3.8, 4) is 11.5 Å². The third-order valence-corrected chi connectivity index (χ3v) is 8.04. The third-order valence-electron chi connectivity index (χ3n) is 5.86. The number of hydrogen-bond acceptors (Lipinski definition) is 9. The Kier molecular flexibility index (Phi) is 9.11. The molecule has 2 aliphatic rings. The van der Waals surface area contributed by atoms with Crippen molar-refractivity contribution >= 4 is 27.4 Å². The second kappa shape index (κ2) is 11.7. The molecule has 0 spiro atoms. The van der Waals surface area contributed by atoms with E-state index in [1.165, 1.54) is 24.3 Å². The molecule has 1 saturated carbocycles. The number of carbonyl (C=O) groups is 1. The van der Waals surface area contributed by atoms with Crippen molar-refractivity contribution in [3.63, 3.8) is 0 Å². The third kappa shape index (κ3) is 6.50. The highest BCUT2D eigenvalue weighted by molar-refractivity contribution is 7.91. The summed E-state index contributed by atoms with van der Waals surface area (Å²) in [5.74, 6) is 2.79. The lowest BCUT2D eigenvalue weighted by atomic mass is 9.88. The fourth-order valence-corrected chi connectivity index (χ4v) is 6.19. The summed E-state index contributed by atoms with van der Waals surface area (Å²) in [6.45, 7) is 2.62. The van der Waals surface area contributed by atoms with Crippen molar-refractivity contribution in [2.24, 2.45) is 11.3 Å². The van der Waals surface area contributed by atoms with Crippen LogP contribution in [0.25, 0.3) is 0 Å². The summed E-state index contributed by atoms with van der Waals surface area (Å²) in [5.41, 5.74) is -1.48. The summed E-state index contributed by atoms with van der Waals surface area (Å²) >= 11 is 5.86. The first-order valence-electron chi connectivity index (χ1n) is 10.8. The van der Waals surface area contributed by atoms with E-state index in [1.54, 1.807) is 24.3 Å². The minimum absolute atomic E-state index is 0.0275. The number of nitrogens with two attached hydrogens (primary N) is 1. The van der Waals surface area contributed by atoms with E-state index in [-0.39, 0.29) is 24.3 Å². The zero-order chi connectivity index (χ0) is 25.6. The van der Waals surface area contributed by atoms with Crippen LogP contribution >= 0.6 is 11.6 Å². The van der Waals surface area contributed by atoms with Gasteiger partial charge in [0, 0.05) is 11.6 Å². The first kappa shape index (κ1) is 27.3. The molecule has 4 rings (SSSR count). The molecule has 2 atom stereocenters. The van der Waals surface area contributed by atoms with Gasteiger partial charge in [0.2, 0.25) is 0 Å². The Morgan fingerprint density at radius 3 is 2.06 bits per heavy atom. The van der Waals surface area contributed by atoms with Crippen LogP contribution in [0.1, 0.15) is 19.8 Å². The van der Waals surface area contributed by atoms with Gasteiger partial charge in [-0.25, -0.2) is 14.3 Å². The number of fused-ring (bicyclic) bond motifs is 1. The lowest BCUT2D eigenvalue weighted by molar-refractivity contribution is -0.154. The predicted octanol–water partition coefficient (Wildman–Crippen LogP) is 3.25. The van der Waals surface area contributed by atoms with Crippen LogP contribution in [0.2, 0.25) is 5.02 Å². The van der Waals surface area contributed by atoms with Gasteiger partial charge in [-0.1, -0.05) is 11.6 Å². The maximum atomic E-state index is 13.1. The first-order chi connectivity index (χ1) is 16.7. The Morgan fingerprint density at radius 1 is 1.06 bits per heavy atom. The van der Waals surface area contributed by atoms with Gasteiger partial charge in [0.25, 0.3) is 0 Å². The number of carboxylic acid groups (broad SMARTS) is 1. The lowest BCUT2D eigenvalue weighted by Gasteiger charge is -2.25. The number of carboxylic acids is 1. The second-order valence-corrected chi connectivity index (χ2v) is 10.6. The number of aliphatic carboxylic acids is 1. The average Bonchev–Trinajstić information content (AvgIpc) is 3.36. The van der Waals surface area contributed by atoms with Crippen LogP contribution in [-0.2, 0) is 28.8 Å². The highest BCUT2D eigenvalue weighted by atomic mass is 35.5. The molecular weight excluding hydrogens is 502 g/mol. The van der Waals surface area contributed by atoms with Gasteiger partial charge in [0.15, 0.2) is 16.1 Å². The topological polar surface area (TPSA) is 155 Å². The van der Waals surface area contributed by atoms with E-state index in [0.29, 0.717) is 23.1 Å². The minimum atomic E-state index is -3.89. The quantitative estimate of drug-likeness (QED) is 0.412. The Hall–Kier alpha value is -2.25. The molecule has 0 aromatic heterocycles. The smallest absolute Gasteiger partial charge is 0.310 e. The molecule has 0 amide bonds. The van der Waals surface area contributed by atoms with E-state index in [9.17, 15) is 18.3 Å². The Bertz CT molecular complexity index is 1080. The summed E-state index contributed by atoms with van der Waals surface area (Å²) in [6.07, 6.45) is -1.38. The van der Waals surface area contributed by atoms with Crippen molar-refractivity contribution in [1.82, 2.24) is 0 Å². The largest absolute Gasteiger partial charge is 0.481 e. The number of hydrogen-bond donors (Lipinski definition) is 3. The summed E-state index contributed by atoms with van der Waals surface area (Å²) in [6, 6.07) is 12.7. The predicted molar refractivity (Wildman–Crippen MR) is 125 cm³/mol. The van der Waals surface area contributed by atoms with Crippen LogP contribution in [0.5, 0.6) is 11.5 Å². The van der Waals surface area contributed by atoms with Gasteiger partial charge >= 0.3 is 5.97 Å². The summed E-state index contributed by atoms with van der Waals surface area (Å²) in [4.78, 5) is 12.2. The second-order valence-electron chi connectivity index (χ2n) is 8.22. The molecule has 2 aromatic carbocycles. The fourth-order valence-electron chi connectivity index (χ4n) is 4.26. The number of sulfone groups is 1. The molecule has 35 heavy (non-hydrogen) atoms. The van der Waals surface area contributed by atoms with Gasteiger partial charge < -0.3 is 29.3 Å². The van der Waals surface area contributed by atoms with Crippen molar-refractivity contribution in [2.45, 2.75) is 43.2 Å². The van der Waals surface area contributed by atoms with Crippen molar-refractivity contribution in [3.05, 3.63) is 53.6 Å². The molecule has 12 heteroatoms. The van der Waals surface area contributed by atoms with Crippen LogP contribution in [0.3, 0.4) is 0 Å². The normalized spacial score (nSPS) is 25.4. The van der Waals surface area contributed by atoms with E-state index in [2.05, 4.69) is 5.90 Å². The molecule has 0 bridgehead atoms. The Morgan fingerprint density at radius 2 is 1.57 bits per heavy atom. The highest BCUT2D eigenvalue weighted by Crippen LogP contribution is 2.47. The van der Waals surface area contributed by atoms with Gasteiger partial charge in [0.05, 0.1) is 34.9 Å². The molecule has 2 unspecified atom stereocenters. The molecule has 1 aliphatic carbocycles. The SMILES string of the molecule is CCOCC1OC2CC(CS(=O)(=O)c3ccc(Oc4ccc(Cl)cc4)cc3)(C(=O)O)CC2O1.NO. The molecule has 10 nitrogen and oxygen atoms in total. The van der Waals surface area contributed by atoms with Gasteiger partial charge in [-0.2, -0.15) is 0 Å². The number of halogens is 1. The summed E-state index contributed by atoms with van der Waals surface area (Å²) < 4.78 is 48.7. The van der Waals surface area contributed by atoms with Gasteiger partial charge in [-0.15, -0.1) is 0 Å².